The van der Waals surface area contributed by atoms with Crippen molar-refractivity contribution < 1.29 is 13.2 Å². The Kier molecular flexibility index (Phi) is 5.56. The quantitative estimate of drug-likeness (QED) is 0.229. The van der Waals surface area contributed by atoms with Gasteiger partial charge in [0.2, 0.25) is 0 Å². The summed E-state index contributed by atoms with van der Waals surface area (Å²) < 4.78 is 43.2. The van der Waals surface area contributed by atoms with Crippen LogP contribution in [-0.4, -0.2) is 20.4 Å². The van der Waals surface area contributed by atoms with Gasteiger partial charge in [-0.05, 0) is 30.3 Å². The summed E-state index contributed by atoms with van der Waals surface area (Å²) in [7, 11) is 0. The Labute approximate surface area is 198 Å². The van der Waals surface area contributed by atoms with Crippen LogP contribution in [0.3, 0.4) is 0 Å². The number of allylic oxidation sites excluding steroid dienone is 1. The summed E-state index contributed by atoms with van der Waals surface area (Å²) in [6, 6.07) is 19.1. The normalized spacial score (nSPS) is 12.1. The van der Waals surface area contributed by atoms with Crippen LogP contribution < -0.4 is 5.56 Å². The van der Waals surface area contributed by atoms with Gasteiger partial charge in [0.15, 0.2) is 5.82 Å². The zero-order valence-corrected chi connectivity index (χ0v) is 18.4. The summed E-state index contributed by atoms with van der Waals surface area (Å²) in [6.45, 7) is 4.37. The molecule has 0 radical (unpaired) electrons. The molecule has 0 spiro atoms. The van der Waals surface area contributed by atoms with E-state index in [-0.39, 0.29) is 11.4 Å². The molecule has 0 saturated heterocycles. The average Bonchev–Trinajstić information content (AvgIpc) is 3.21. The van der Waals surface area contributed by atoms with E-state index in [1.165, 1.54) is 18.3 Å². The fourth-order valence-corrected chi connectivity index (χ4v) is 4.04. The molecule has 5 rings (SSSR count). The summed E-state index contributed by atoms with van der Waals surface area (Å²) in [5.41, 5.74) is 0.913. The van der Waals surface area contributed by atoms with Gasteiger partial charge in [-0.25, -0.2) is 4.98 Å². The molecule has 5 nitrogen and oxygen atoms in total. The number of fused-ring (bicyclic) bond motifs is 2. The van der Waals surface area contributed by atoms with E-state index in [9.17, 15) is 18.0 Å². The first-order valence-electron chi connectivity index (χ1n) is 10.8. The van der Waals surface area contributed by atoms with Gasteiger partial charge in [-0.2, -0.15) is 22.9 Å². The SMILES string of the molecule is C=CCn1cc(C=Nn2c(-c3cccc(C(F)(F)F)c3)nc3ccccc3c2=O)c2ccccc21. The predicted molar refractivity (Wildman–Crippen MR) is 132 cm³/mol. The highest BCUT2D eigenvalue weighted by Gasteiger charge is 2.31. The minimum absolute atomic E-state index is 0.0193. The number of nitrogens with zero attached hydrogens (tertiary/aromatic N) is 4. The summed E-state index contributed by atoms with van der Waals surface area (Å²) in [6.07, 6.45) is 0.654. The third-order valence-electron chi connectivity index (χ3n) is 5.66. The number of alkyl halides is 3. The van der Waals surface area contributed by atoms with E-state index in [0.29, 0.717) is 17.4 Å². The van der Waals surface area contributed by atoms with Crippen molar-refractivity contribution >= 4 is 28.0 Å². The van der Waals surface area contributed by atoms with Crippen LogP contribution in [0.2, 0.25) is 0 Å². The van der Waals surface area contributed by atoms with E-state index in [1.54, 1.807) is 30.3 Å². The number of halogens is 3. The van der Waals surface area contributed by atoms with Crippen LogP contribution in [0, 0.1) is 0 Å². The fourth-order valence-electron chi connectivity index (χ4n) is 4.04. The van der Waals surface area contributed by atoms with Crippen LogP contribution in [0.5, 0.6) is 0 Å². The molecule has 0 amide bonds. The third kappa shape index (κ3) is 4.14. The van der Waals surface area contributed by atoms with Crippen molar-refractivity contribution in [3.8, 4) is 11.4 Å². The number of aromatic nitrogens is 3. The van der Waals surface area contributed by atoms with E-state index >= 15 is 0 Å². The molecule has 0 aliphatic carbocycles. The van der Waals surface area contributed by atoms with Crippen LogP contribution in [0.1, 0.15) is 11.1 Å². The van der Waals surface area contributed by atoms with E-state index in [1.807, 2.05) is 35.0 Å². The Balaban J connectivity index is 1.72. The molecule has 2 aromatic heterocycles. The Morgan fingerprint density at radius 2 is 1.71 bits per heavy atom. The van der Waals surface area contributed by atoms with Crippen molar-refractivity contribution in [3.63, 3.8) is 0 Å². The van der Waals surface area contributed by atoms with Crippen LogP contribution in [0.4, 0.5) is 13.2 Å². The first-order valence-corrected chi connectivity index (χ1v) is 10.8. The second-order valence-corrected chi connectivity index (χ2v) is 7.94. The lowest BCUT2D eigenvalue weighted by atomic mass is 10.1. The number of para-hydroxylation sites is 2. The summed E-state index contributed by atoms with van der Waals surface area (Å²) in [5, 5.41) is 5.65. The number of hydrogen-bond acceptors (Lipinski definition) is 3. The molecular weight excluding hydrogens is 453 g/mol. The maximum Gasteiger partial charge on any atom is 0.416 e. The molecule has 0 atom stereocenters. The second kappa shape index (κ2) is 8.72. The molecule has 2 heterocycles. The lowest BCUT2D eigenvalue weighted by molar-refractivity contribution is -0.137. The highest BCUT2D eigenvalue weighted by Crippen LogP contribution is 2.32. The lowest BCUT2D eigenvalue weighted by Crippen LogP contribution is -2.20. The van der Waals surface area contributed by atoms with Gasteiger partial charge in [0, 0.05) is 34.8 Å². The van der Waals surface area contributed by atoms with Crippen molar-refractivity contribution in [3.05, 3.63) is 113 Å². The first kappa shape index (κ1) is 22.3. The number of benzene rings is 3. The van der Waals surface area contributed by atoms with Crippen LogP contribution >= 0.6 is 0 Å². The average molecular weight is 472 g/mol. The molecule has 5 aromatic rings. The zero-order valence-electron chi connectivity index (χ0n) is 18.4. The Hall–Kier alpha value is -4.46. The zero-order chi connectivity index (χ0) is 24.6. The van der Waals surface area contributed by atoms with Crippen LogP contribution in [-0.2, 0) is 12.7 Å². The number of hydrogen-bond donors (Lipinski definition) is 0. The molecular formula is C27H19F3N4O. The largest absolute Gasteiger partial charge is 0.416 e. The first-order chi connectivity index (χ1) is 16.9. The van der Waals surface area contributed by atoms with Gasteiger partial charge in [0.05, 0.1) is 22.7 Å². The van der Waals surface area contributed by atoms with E-state index in [4.69, 9.17) is 0 Å². The van der Waals surface area contributed by atoms with E-state index < -0.39 is 17.3 Å². The molecule has 174 valence electrons. The monoisotopic (exact) mass is 472 g/mol. The Morgan fingerprint density at radius 1 is 0.971 bits per heavy atom. The molecule has 3 aromatic carbocycles. The number of rotatable bonds is 5. The highest BCUT2D eigenvalue weighted by molar-refractivity contribution is 5.99. The third-order valence-corrected chi connectivity index (χ3v) is 5.66. The molecule has 0 saturated carbocycles. The van der Waals surface area contributed by atoms with Crippen LogP contribution in [0.25, 0.3) is 33.2 Å². The van der Waals surface area contributed by atoms with Crippen molar-refractivity contribution in [1.29, 1.82) is 0 Å². The highest BCUT2D eigenvalue weighted by atomic mass is 19.4. The summed E-state index contributed by atoms with van der Waals surface area (Å²) in [5.74, 6) is 0.0193. The topological polar surface area (TPSA) is 52.2 Å². The molecule has 35 heavy (non-hydrogen) atoms. The second-order valence-electron chi connectivity index (χ2n) is 7.94. The standard InChI is InChI=1S/C27H19F3N4O/c1-2-14-33-17-19(21-10-4-6-13-24(21)33)16-31-34-25(18-8-7-9-20(15-18)27(28,29)30)32-23-12-5-3-11-22(23)26(34)35/h2-13,15-17H,1,14H2. The van der Waals surface area contributed by atoms with Gasteiger partial charge in [-0.15, -0.1) is 6.58 Å². The summed E-state index contributed by atoms with van der Waals surface area (Å²) in [4.78, 5) is 17.9. The van der Waals surface area contributed by atoms with Gasteiger partial charge in [-0.3, -0.25) is 4.79 Å². The van der Waals surface area contributed by atoms with Crippen molar-refractivity contribution in [1.82, 2.24) is 14.2 Å². The minimum Gasteiger partial charge on any atom is -0.343 e. The molecule has 0 N–H and O–H groups in total. The smallest absolute Gasteiger partial charge is 0.343 e. The molecule has 0 aliphatic heterocycles. The van der Waals surface area contributed by atoms with Gasteiger partial charge >= 0.3 is 6.18 Å². The van der Waals surface area contributed by atoms with Crippen LogP contribution in [0.15, 0.2) is 102 Å². The predicted octanol–water partition coefficient (Wildman–Crippen LogP) is 6.11. The van der Waals surface area contributed by atoms with Crippen molar-refractivity contribution in [2.24, 2.45) is 5.10 Å². The fraction of sp³-hybridized carbons (Fsp3) is 0.0741. The van der Waals surface area contributed by atoms with Gasteiger partial charge in [0.25, 0.3) is 5.56 Å². The van der Waals surface area contributed by atoms with Gasteiger partial charge < -0.3 is 4.57 Å². The molecule has 0 unspecified atom stereocenters. The molecule has 0 bridgehead atoms. The van der Waals surface area contributed by atoms with Crippen molar-refractivity contribution in [2.75, 3.05) is 0 Å². The summed E-state index contributed by atoms with van der Waals surface area (Å²) >= 11 is 0. The maximum atomic E-state index is 13.4. The van der Waals surface area contributed by atoms with E-state index in [2.05, 4.69) is 16.7 Å². The Bertz CT molecular complexity index is 1660. The van der Waals surface area contributed by atoms with E-state index in [0.717, 1.165) is 33.3 Å². The molecule has 8 heteroatoms. The molecule has 0 aliphatic rings. The van der Waals surface area contributed by atoms with Gasteiger partial charge in [0.1, 0.15) is 0 Å². The van der Waals surface area contributed by atoms with Crippen molar-refractivity contribution in [2.45, 2.75) is 12.7 Å². The minimum atomic E-state index is -4.53. The van der Waals surface area contributed by atoms with Gasteiger partial charge in [-0.1, -0.05) is 48.5 Å². The Morgan fingerprint density at radius 3 is 2.49 bits per heavy atom. The maximum absolute atomic E-state index is 13.4. The molecule has 0 fully saturated rings. The lowest BCUT2D eigenvalue weighted by Gasteiger charge is -2.12.